The van der Waals surface area contributed by atoms with Gasteiger partial charge < -0.3 is 9.72 Å². The average Bonchev–Trinajstić information content (AvgIpc) is 3.03. The lowest BCUT2D eigenvalue weighted by Gasteiger charge is -2.00. The maximum Gasteiger partial charge on any atom is 0.355 e. The molecule has 0 aliphatic rings. The number of para-hydroxylation sites is 1. The van der Waals surface area contributed by atoms with Crippen molar-refractivity contribution in [2.45, 2.75) is 0 Å². The summed E-state index contributed by atoms with van der Waals surface area (Å²) in [6, 6.07) is 7.73. The van der Waals surface area contributed by atoms with Gasteiger partial charge in [0.25, 0.3) is 0 Å². The zero-order chi connectivity index (χ0) is 12.5. The maximum absolute atomic E-state index is 11.8. The Balaban J connectivity index is 2.35. The Labute approximate surface area is 103 Å². The van der Waals surface area contributed by atoms with Crippen molar-refractivity contribution in [3.8, 4) is 11.1 Å². The number of carbonyl (C=O) groups is 1. The number of esters is 1. The monoisotopic (exact) mass is 241 g/mol. The number of aromatic nitrogens is 3. The number of hydrogen-bond donors (Lipinski definition) is 2. The summed E-state index contributed by atoms with van der Waals surface area (Å²) in [4.78, 5) is 14.9. The first-order chi connectivity index (χ1) is 8.81. The highest BCUT2D eigenvalue weighted by molar-refractivity contribution is 6.07. The highest BCUT2D eigenvalue weighted by atomic mass is 16.5. The first-order valence-corrected chi connectivity index (χ1v) is 5.49. The molecule has 2 N–H and O–H groups in total. The van der Waals surface area contributed by atoms with Crippen LogP contribution in [0.2, 0.25) is 0 Å². The summed E-state index contributed by atoms with van der Waals surface area (Å²) in [5.41, 5.74) is 3.01. The largest absolute Gasteiger partial charge is 0.464 e. The Morgan fingerprint density at radius 1 is 1.33 bits per heavy atom. The lowest BCUT2D eigenvalue weighted by atomic mass is 10.1. The SMILES string of the molecule is COC(=O)c1[nH]c2ccccc2c1-c1cn[nH]c1. The predicted octanol–water partition coefficient (Wildman–Crippen LogP) is 2.34. The lowest BCUT2D eigenvalue weighted by Crippen LogP contribution is -2.03. The van der Waals surface area contributed by atoms with E-state index in [9.17, 15) is 4.79 Å². The summed E-state index contributed by atoms with van der Waals surface area (Å²) in [5, 5.41) is 7.64. The molecule has 5 nitrogen and oxygen atoms in total. The Morgan fingerprint density at radius 3 is 2.89 bits per heavy atom. The second kappa shape index (κ2) is 4.03. The van der Waals surface area contributed by atoms with Crippen LogP contribution >= 0.6 is 0 Å². The fourth-order valence-electron chi connectivity index (χ4n) is 2.08. The van der Waals surface area contributed by atoms with Crippen LogP contribution in [-0.4, -0.2) is 28.3 Å². The van der Waals surface area contributed by atoms with Crippen molar-refractivity contribution in [2.24, 2.45) is 0 Å². The van der Waals surface area contributed by atoms with Crippen molar-refractivity contribution in [1.82, 2.24) is 15.2 Å². The predicted molar refractivity (Wildman–Crippen MR) is 67.2 cm³/mol. The topological polar surface area (TPSA) is 70.8 Å². The highest BCUT2D eigenvalue weighted by Gasteiger charge is 2.19. The number of ether oxygens (including phenoxy) is 1. The molecule has 0 unspecified atom stereocenters. The first-order valence-electron chi connectivity index (χ1n) is 5.49. The number of carbonyl (C=O) groups excluding carboxylic acids is 1. The normalized spacial score (nSPS) is 10.7. The number of rotatable bonds is 2. The second-order valence-corrected chi connectivity index (χ2v) is 3.90. The van der Waals surface area contributed by atoms with E-state index in [-0.39, 0.29) is 5.97 Å². The van der Waals surface area contributed by atoms with E-state index >= 15 is 0 Å². The number of methoxy groups -OCH3 is 1. The standard InChI is InChI=1S/C13H11N3O2/c1-18-13(17)12-11(8-6-14-15-7-8)9-4-2-3-5-10(9)16-12/h2-7,16H,1H3,(H,14,15). The van der Waals surface area contributed by atoms with Crippen molar-refractivity contribution >= 4 is 16.9 Å². The van der Waals surface area contributed by atoms with E-state index in [2.05, 4.69) is 15.2 Å². The van der Waals surface area contributed by atoms with E-state index in [1.165, 1.54) is 7.11 Å². The molecule has 0 saturated carbocycles. The van der Waals surface area contributed by atoms with Gasteiger partial charge in [-0.1, -0.05) is 18.2 Å². The quantitative estimate of drug-likeness (QED) is 0.676. The fourth-order valence-corrected chi connectivity index (χ4v) is 2.08. The molecule has 2 aromatic heterocycles. The number of hydrogen-bond acceptors (Lipinski definition) is 3. The van der Waals surface area contributed by atoms with Crippen LogP contribution in [0.1, 0.15) is 10.5 Å². The van der Waals surface area contributed by atoms with Crippen LogP contribution in [0.25, 0.3) is 22.0 Å². The van der Waals surface area contributed by atoms with E-state index in [0.29, 0.717) is 5.69 Å². The summed E-state index contributed by atoms with van der Waals surface area (Å²) in [6.45, 7) is 0. The van der Waals surface area contributed by atoms with Gasteiger partial charge in [-0.05, 0) is 6.07 Å². The number of fused-ring (bicyclic) bond motifs is 1. The minimum absolute atomic E-state index is 0.387. The number of nitrogens with one attached hydrogen (secondary N) is 2. The zero-order valence-electron chi connectivity index (χ0n) is 9.73. The molecule has 1 aromatic carbocycles. The number of nitrogens with zero attached hydrogens (tertiary/aromatic N) is 1. The summed E-state index contributed by atoms with van der Waals surface area (Å²) in [7, 11) is 1.37. The third-order valence-electron chi connectivity index (χ3n) is 2.88. The van der Waals surface area contributed by atoms with E-state index < -0.39 is 0 Å². The van der Waals surface area contributed by atoms with Crippen molar-refractivity contribution in [3.63, 3.8) is 0 Å². The third kappa shape index (κ3) is 1.48. The summed E-state index contributed by atoms with van der Waals surface area (Å²) in [5.74, 6) is -0.387. The molecule has 0 aliphatic carbocycles. The molecule has 0 fully saturated rings. The summed E-state index contributed by atoms with van der Waals surface area (Å²) >= 11 is 0. The van der Waals surface area contributed by atoms with Gasteiger partial charge >= 0.3 is 5.97 Å². The van der Waals surface area contributed by atoms with Gasteiger partial charge in [-0.15, -0.1) is 0 Å². The molecule has 0 saturated heterocycles. The molecule has 90 valence electrons. The first kappa shape index (κ1) is 10.6. The van der Waals surface area contributed by atoms with Crippen LogP contribution in [0.3, 0.4) is 0 Å². The van der Waals surface area contributed by atoms with Gasteiger partial charge in [0.1, 0.15) is 5.69 Å². The Bertz CT molecular complexity index is 698. The van der Waals surface area contributed by atoms with Gasteiger partial charge in [-0.25, -0.2) is 4.79 Å². The van der Waals surface area contributed by atoms with Gasteiger partial charge in [0.2, 0.25) is 0 Å². The minimum Gasteiger partial charge on any atom is -0.464 e. The minimum atomic E-state index is -0.387. The van der Waals surface area contributed by atoms with E-state index in [4.69, 9.17) is 4.74 Å². The number of benzene rings is 1. The van der Waals surface area contributed by atoms with Crippen molar-refractivity contribution in [3.05, 3.63) is 42.4 Å². The van der Waals surface area contributed by atoms with Crippen LogP contribution in [0.15, 0.2) is 36.7 Å². The molecule has 3 aromatic rings. The van der Waals surface area contributed by atoms with Crippen molar-refractivity contribution < 1.29 is 9.53 Å². The fraction of sp³-hybridized carbons (Fsp3) is 0.0769. The van der Waals surface area contributed by atoms with Crippen LogP contribution in [0.5, 0.6) is 0 Å². The molecule has 5 heteroatoms. The van der Waals surface area contributed by atoms with Gasteiger partial charge in [0.15, 0.2) is 0 Å². The lowest BCUT2D eigenvalue weighted by molar-refractivity contribution is 0.0596. The smallest absolute Gasteiger partial charge is 0.355 e. The molecular formula is C13H11N3O2. The maximum atomic E-state index is 11.8. The zero-order valence-corrected chi connectivity index (χ0v) is 9.73. The molecule has 0 amide bonds. The summed E-state index contributed by atoms with van der Waals surface area (Å²) in [6.07, 6.45) is 3.43. The number of aromatic amines is 2. The molecule has 0 bridgehead atoms. The van der Waals surface area contributed by atoms with Gasteiger partial charge in [0, 0.05) is 28.2 Å². The molecule has 0 aliphatic heterocycles. The Hall–Kier alpha value is -2.56. The Morgan fingerprint density at radius 2 is 2.17 bits per heavy atom. The molecule has 0 spiro atoms. The second-order valence-electron chi connectivity index (χ2n) is 3.90. The van der Waals surface area contributed by atoms with Crippen LogP contribution < -0.4 is 0 Å². The van der Waals surface area contributed by atoms with E-state index in [1.807, 2.05) is 24.3 Å². The average molecular weight is 241 g/mol. The van der Waals surface area contributed by atoms with Gasteiger partial charge in [0.05, 0.1) is 13.3 Å². The van der Waals surface area contributed by atoms with Crippen LogP contribution in [0.4, 0.5) is 0 Å². The van der Waals surface area contributed by atoms with E-state index in [0.717, 1.165) is 22.0 Å². The number of H-pyrrole nitrogens is 2. The van der Waals surface area contributed by atoms with Crippen LogP contribution in [0, 0.1) is 0 Å². The van der Waals surface area contributed by atoms with Gasteiger partial charge in [-0.2, -0.15) is 5.10 Å². The van der Waals surface area contributed by atoms with E-state index in [1.54, 1.807) is 12.4 Å². The molecule has 18 heavy (non-hydrogen) atoms. The van der Waals surface area contributed by atoms with Crippen molar-refractivity contribution in [1.29, 1.82) is 0 Å². The molecule has 0 atom stereocenters. The molecule has 2 heterocycles. The Kier molecular flexibility index (Phi) is 2.37. The highest BCUT2D eigenvalue weighted by Crippen LogP contribution is 2.32. The third-order valence-corrected chi connectivity index (χ3v) is 2.88. The van der Waals surface area contributed by atoms with Crippen LogP contribution in [-0.2, 0) is 4.74 Å². The molecular weight excluding hydrogens is 230 g/mol. The van der Waals surface area contributed by atoms with Crippen molar-refractivity contribution in [2.75, 3.05) is 7.11 Å². The molecule has 0 radical (unpaired) electrons. The molecule has 3 rings (SSSR count). The summed E-state index contributed by atoms with van der Waals surface area (Å²) < 4.78 is 4.80. The van der Waals surface area contributed by atoms with Gasteiger partial charge in [-0.3, -0.25) is 5.10 Å².